The number of carbonyl (C=O) groups excluding carboxylic acids is 2. The summed E-state index contributed by atoms with van der Waals surface area (Å²) in [5.41, 5.74) is 1.27. The molecule has 1 aliphatic heterocycles. The summed E-state index contributed by atoms with van der Waals surface area (Å²) in [7, 11) is 0. The van der Waals surface area contributed by atoms with Crippen LogP contribution in [0.5, 0.6) is 0 Å². The summed E-state index contributed by atoms with van der Waals surface area (Å²) in [5.74, 6) is 1.07. The number of hydrogen-bond acceptors (Lipinski definition) is 5. The van der Waals surface area contributed by atoms with Crippen molar-refractivity contribution in [1.82, 2.24) is 4.90 Å². The molecule has 2 aromatic rings. The van der Waals surface area contributed by atoms with E-state index in [1.54, 1.807) is 35.4 Å². The third-order valence-corrected chi connectivity index (χ3v) is 4.19. The molecule has 0 saturated carbocycles. The smallest absolute Gasteiger partial charge is 0.239 e. The van der Waals surface area contributed by atoms with Crippen LogP contribution in [0, 0.1) is 0 Å². The Bertz CT molecular complexity index is 738. The second kappa shape index (κ2) is 6.19. The molecule has 1 aromatic heterocycles. The Kier molecular flexibility index (Phi) is 4.11. The molecule has 6 heteroatoms. The molecule has 0 atom stereocenters. The first-order valence-electron chi connectivity index (χ1n) is 6.79. The Morgan fingerprint density at radius 3 is 2.95 bits per heavy atom. The number of amidine groups is 1. The largest absolute Gasteiger partial charge is 0.467 e. The minimum Gasteiger partial charge on any atom is -0.467 e. The van der Waals surface area contributed by atoms with Crippen LogP contribution in [0.25, 0.3) is 0 Å². The maximum absolute atomic E-state index is 12.0. The first-order chi connectivity index (χ1) is 10.6. The lowest BCUT2D eigenvalue weighted by molar-refractivity contribution is -0.124. The third kappa shape index (κ3) is 3.12. The van der Waals surface area contributed by atoms with Gasteiger partial charge in [0.15, 0.2) is 11.0 Å². The molecular formula is C16H14N2O3S. The van der Waals surface area contributed by atoms with Gasteiger partial charge >= 0.3 is 0 Å². The fourth-order valence-electron chi connectivity index (χ4n) is 2.10. The molecule has 0 bridgehead atoms. The normalized spacial score (nSPS) is 16.5. The molecule has 1 fully saturated rings. The molecule has 0 radical (unpaired) electrons. The molecule has 1 aromatic carbocycles. The average molecular weight is 314 g/mol. The van der Waals surface area contributed by atoms with Gasteiger partial charge in [0.25, 0.3) is 0 Å². The Morgan fingerprint density at radius 2 is 2.23 bits per heavy atom. The van der Waals surface area contributed by atoms with Crippen LogP contribution in [0.4, 0.5) is 5.69 Å². The van der Waals surface area contributed by atoms with E-state index >= 15 is 0 Å². The summed E-state index contributed by atoms with van der Waals surface area (Å²) in [6.45, 7) is 1.88. The number of thioether (sulfide) groups is 1. The average Bonchev–Trinajstić information content (AvgIpc) is 3.13. The third-order valence-electron chi connectivity index (χ3n) is 3.23. The predicted octanol–water partition coefficient (Wildman–Crippen LogP) is 3.25. The van der Waals surface area contributed by atoms with Gasteiger partial charge in [-0.15, -0.1) is 0 Å². The standard InChI is InChI=1S/C16H14N2O3S/c1-11(19)12-4-2-5-13(8-12)17-16-18(15(20)10-22-16)9-14-6-3-7-21-14/h2-8H,9-10H2,1H3/b17-16-. The summed E-state index contributed by atoms with van der Waals surface area (Å²) >= 11 is 1.39. The number of ketones is 1. The minimum absolute atomic E-state index is 0.00266. The van der Waals surface area contributed by atoms with E-state index in [-0.39, 0.29) is 11.7 Å². The Labute approximate surface area is 132 Å². The highest BCUT2D eigenvalue weighted by atomic mass is 32.2. The highest BCUT2D eigenvalue weighted by molar-refractivity contribution is 8.15. The molecule has 1 saturated heterocycles. The zero-order valence-corrected chi connectivity index (χ0v) is 12.8. The lowest BCUT2D eigenvalue weighted by Crippen LogP contribution is -2.28. The molecule has 0 aliphatic carbocycles. The van der Waals surface area contributed by atoms with Crippen molar-refractivity contribution in [2.75, 3.05) is 5.75 Å². The van der Waals surface area contributed by atoms with Gasteiger partial charge in [-0.1, -0.05) is 23.9 Å². The van der Waals surface area contributed by atoms with E-state index in [0.29, 0.717) is 34.5 Å². The van der Waals surface area contributed by atoms with Crippen molar-refractivity contribution in [3.05, 3.63) is 54.0 Å². The summed E-state index contributed by atoms with van der Waals surface area (Å²) in [6.07, 6.45) is 1.58. The molecule has 22 heavy (non-hydrogen) atoms. The summed E-state index contributed by atoms with van der Waals surface area (Å²) in [5, 5.41) is 0.627. The van der Waals surface area contributed by atoms with E-state index in [9.17, 15) is 9.59 Å². The number of benzene rings is 1. The number of carbonyl (C=O) groups is 2. The molecule has 112 valence electrons. The zero-order chi connectivity index (χ0) is 15.5. The number of rotatable bonds is 4. The van der Waals surface area contributed by atoms with Crippen LogP contribution in [0.2, 0.25) is 0 Å². The van der Waals surface area contributed by atoms with E-state index < -0.39 is 0 Å². The van der Waals surface area contributed by atoms with Crippen LogP contribution >= 0.6 is 11.8 Å². The monoisotopic (exact) mass is 314 g/mol. The van der Waals surface area contributed by atoms with Crippen molar-refractivity contribution < 1.29 is 14.0 Å². The molecular weight excluding hydrogens is 300 g/mol. The van der Waals surface area contributed by atoms with Gasteiger partial charge in [0.1, 0.15) is 5.76 Å². The van der Waals surface area contributed by atoms with Crippen molar-refractivity contribution >= 4 is 34.3 Å². The van der Waals surface area contributed by atoms with Gasteiger partial charge in [-0.05, 0) is 31.2 Å². The highest BCUT2D eigenvalue weighted by Gasteiger charge is 2.29. The van der Waals surface area contributed by atoms with Crippen molar-refractivity contribution in [3.8, 4) is 0 Å². The van der Waals surface area contributed by atoms with E-state index in [4.69, 9.17) is 4.42 Å². The van der Waals surface area contributed by atoms with Gasteiger partial charge in [-0.2, -0.15) is 0 Å². The molecule has 1 amide bonds. The number of furan rings is 1. The number of Topliss-reactive ketones (excluding diaryl/α,β-unsaturated/α-hetero) is 1. The van der Waals surface area contributed by atoms with Crippen LogP contribution in [-0.4, -0.2) is 27.5 Å². The van der Waals surface area contributed by atoms with Crippen LogP contribution in [0.1, 0.15) is 23.0 Å². The first kappa shape index (κ1) is 14.6. The van der Waals surface area contributed by atoms with E-state index in [1.807, 2.05) is 12.1 Å². The van der Waals surface area contributed by atoms with Gasteiger partial charge in [-0.25, -0.2) is 4.99 Å². The highest BCUT2D eigenvalue weighted by Crippen LogP contribution is 2.26. The molecule has 0 spiro atoms. The Morgan fingerprint density at radius 1 is 1.36 bits per heavy atom. The minimum atomic E-state index is -0.00959. The van der Waals surface area contributed by atoms with Crippen molar-refractivity contribution in [2.24, 2.45) is 4.99 Å². The summed E-state index contributed by atoms with van der Waals surface area (Å²) in [4.78, 5) is 29.5. The van der Waals surface area contributed by atoms with Crippen molar-refractivity contribution in [2.45, 2.75) is 13.5 Å². The summed E-state index contributed by atoms with van der Waals surface area (Å²) in [6, 6.07) is 10.7. The fourth-order valence-corrected chi connectivity index (χ4v) is 3.00. The molecule has 0 unspecified atom stereocenters. The molecule has 1 aliphatic rings. The maximum Gasteiger partial charge on any atom is 0.239 e. The van der Waals surface area contributed by atoms with Crippen molar-refractivity contribution in [3.63, 3.8) is 0 Å². The SMILES string of the molecule is CC(=O)c1cccc(/N=C2\SCC(=O)N2Cc2ccco2)c1. The zero-order valence-electron chi connectivity index (χ0n) is 12.0. The quantitative estimate of drug-likeness (QED) is 0.813. The Hall–Kier alpha value is -2.34. The lowest BCUT2D eigenvalue weighted by atomic mass is 10.1. The van der Waals surface area contributed by atoms with Crippen molar-refractivity contribution in [1.29, 1.82) is 0 Å². The van der Waals surface area contributed by atoms with Crippen LogP contribution in [0.15, 0.2) is 52.1 Å². The number of amides is 1. The van der Waals surface area contributed by atoms with E-state index in [0.717, 1.165) is 0 Å². The second-order valence-corrected chi connectivity index (χ2v) is 5.79. The first-order valence-corrected chi connectivity index (χ1v) is 7.77. The number of aliphatic imine (C=N–C) groups is 1. The maximum atomic E-state index is 12.0. The molecule has 2 heterocycles. The predicted molar refractivity (Wildman–Crippen MR) is 85.3 cm³/mol. The van der Waals surface area contributed by atoms with Crippen LogP contribution in [0.3, 0.4) is 0 Å². The van der Waals surface area contributed by atoms with Crippen LogP contribution < -0.4 is 0 Å². The topological polar surface area (TPSA) is 62.9 Å². The van der Waals surface area contributed by atoms with Gasteiger partial charge in [0.05, 0.1) is 24.2 Å². The van der Waals surface area contributed by atoms with Gasteiger partial charge < -0.3 is 4.42 Å². The number of hydrogen-bond donors (Lipinski definition) is 0. The Balaban J connectivity index is 1.87. The lowest BCUT2D eigenvalue weighted by Gasteiger charge is -2.14. The van der Waals surface area contributed by atoms with Gasteiger partial charge in [-0.3, -0.25) is 14.5 Å². The van der Waals surface area contributed by atoms with Gasteiger partial charge in [0.2, 0.25) is 5.91 Å². The van der Waals surface area contributed by atoms with Gasteiger partial charge in [0, 0.05) is 5.56 Å². The number of nitrogens with zero attached hydrogens (tertiary/aromatic N) is 2. The van der Waals surface area contributed by atoms with E-state index in [1.165, 1.54) is 18.7 Å². The summed E-state index contributed by atoms with van der Waals surface area (Å²) < 4.78 is 5.29. The second-order valence-electron chi connectivity index (χ2n) is 4.85. The molecule has 3 rings (SSSR count). The molecule has 0 N–H and O–H groups in total. The van der Waals surface area contributed by atoms with E-state index in [2.05, 4.69) is 4.99 Å². The van der Waals surface area contributed by atoms with Crippen LogP contribution in [-0.2, 0) is 11.3 Å². The fraction of sp³-hybridized carbons (Fsp3) is 0.188. The molecule has 5 nitrogen and oxygen atoms in total.